The number of nitrogens with one attached hydrogen (secondary N) is 1. The number of fused-ring (bicyclic) bond motifs is 1. The van der Waals surface area contributed by atoms with Gasteiger partial charge >= 0.3 is 0 Å². The van der Waals surface area contributed by atoms with E-state index in [2.05, 4.69) is 15.5 Å². The van der Waals surface area contributed by atoms with Crippen LogP contribution in [0.1, 0.15) is 11.1 Å². The number of ether oxygens (including phenoxy) is 1. The molecule has 33 heavy (non-hydrogen) atoms. The largest absolute Gasteiger partial charge is 0.484 e. The summed E-state index contributed by atoms with van der Waals surface area (Å²) in [4.78, 5) is 28.1. The second kappa shape index (κ2) is 10.2. The van der Waals surface area contributed by atoms with E-state index in [1.54, 1.807) is 18.2 Å². The summed E-state index contributed by atoms with van der Waals surface area (Å²) in [6.45, 7) is 1.73. The van der Waals surface area contributed by atoms with E-state index in [4.69, 9.17) is 4.74 Å². The molecule has 0 spiro atoms. The number of nitro benzene ring substituents is 1. The first kappa shape index (κ1) is 22.4. The molecule has 0 aliphatic heterocycles. The highest BCUT2D eigenvalue weighted by Crippen LogP contribution is 2.38. The molecule has 0 aliphatic carbocycles. The van der Waals surface area contributed by atoms with Crippen LogP contribution in [-0.4, -0.2) is 28.6 Å². The number of carbonyl (C=O) groups excluding carboxylic acids is 1. The maximum Gasteiger partial charge on any atom is 0.283 e. The number of nitro groups is 1. The molecule has 0 atom stereocenters. The summed E-state index contributed by atoms with van der Waals surface area (Å²) in [6.07, 6.45) is 1.35. The van der Waals surface area contributed by atoms with Crippen molar-refractivity contribution >= 4 is 51.1 Å². The number of carbonyl (C=O) groups is 1. The molecule has 1 aromatic heterocycles. The molecule has 1 heterocycles. The van der Waals surface area contributed by atoms with Crippen LogP contribution < -0.4 is 10.2 Å². The number of nitrogens with zero attached hydrogens (tertiary/aromatic N) is 3. The summed E-state index contributed by atoms with van der Waals surface area (Å²) in [5.41, 5.74) is 4.66. The Morgan fingerprint density at radius 3 is 2.85 bits per heavy atom. The first-order valence-corrected chi connectivity index (χ1v) is 11.4. The van der Waals surface area contributed by atoms with Gasteiger partial charge in [0.1, 0.15) is 5.75 Å². The van der Waals surface area contributed by atoms with Crippen LogP contribution in [0.15, 0.2) is 81.1 Å². The molecule has 0 saturated heterocycles. The van der Waals surface area contributed by atoms with E-state index in [1.807, 2.05) is 49.4 Å². The molecule has 3 aromatic carbocycles. The van der Waals surface area contributed by atoms with Gasteiger partial charge in [0.05, 0.1) is 26.3 Å². The second-order valence-corrected chi connectivity index (χ2v) is 9.25. The average molecular weight is 479 g/mol. The molecule has 8 nitrogen and oxygen atoms in total. The zero-order chi connectivity index (χ0) is 23.2. The van der Waals surface area contributed by atoms with Crippen molar-refractivity contribution in [2.45, 2.75) is 16.2 Å². The normalized spacial score (nSPS) is 11.1. The van der Waals surface area contributed by atoms with Crippen molar-refractivity contribution in [2.75, 3.05) is 6.61 Å². The molecule has 0 aliphatic rings. The van der Waals surface area contributed by atoms with E-state index in [0.717, 1.165) is 20.1 Å². The van der Waals surface area contributed by atoms with Crippen molar-refractivity contribution in [3.05, 3.63) is 88.0 Å². The number of para-hydroxylation sites is 1. The van der Waals surface area contributed by atoms with Gasteiger partial charge < -0.3 is 4.74 Å². The Labute approximate surface area is 197 Å². The van der Waals surface area contributed by atoms with E-state index in [0.29, 0.717) is 16.2 Å². The Morgan fingerprint density at radius 2 is 2.06 bits per heavy atom. The lowest BCUT2D eigenvalue weighted by Gasteiger charge is -2.05. The highest BCUT2D eigenvalue weighted by Gasteiger charge is 2.17. The van der Waals surface area contributed by atoms with Crippen LogP contribution in [0.2, 0.25) is 0 Å². The van der Waals surface area contributed by atoms with Gasteiger partial charge in [-0.15, -0.1) is 11.3 Å². The molecule has 166 valence electrons. The fourth-order valence-corrected chi connectivity index (χ4v) is 5.01. The van der Waals surface area contributed by atoms with Crippen molar-refractivity contribution in [3.8, 4) is 5.75 Å². The van der Waals surface area contributed by atoms with Gasteiger partial charge in [-0.05, 0) is 42.8 Å². The summed E-state index contributed by atoms with van der Waals surface area (Å²) in [7, 11) is 0. The number of benzene rings is 3. The first-order chi connectivity index (χ1) is 16.0. The lowest BCUT2D eigenvalue weighted by Crippen LogP contribution is -2.24. The molecule has 0 radical (unpaired) electrons. The highest BCUT2D eigenvalue weighted by atomic mass is 32.2. The first-order valence-electron chi connectivity index (χ1n) is 9.81. The minimum absolute atomic E-state index is 0.0580. The van der Waals surface area contributed by atoms with E-state index in [1.165, 1.54) is 35.4 Å². The van der Waals surface area contributed by atoms with Crippen molar-refractivity contribution in [1.29, 1.82) is 0 Å². The van der Waals surface area contributed by atoms with E-state index in [-0.39, 0.29) is 12.3 Å². The number of aryl methyl sites for hydroxylation is 1. The summed E-state index contributed by atoms with van der Waals surface area (Å²) in [5.74, 6) is 0.149. The Hall–Kier alpha value is -3.76. The van der Waals surface area contributed by atoms with E-state index in [9.17, 15) is 14.9 Å². The second-order valence-electron chi connectivity index (χ2n) is 6.93. The topological polar surface area (TPSA) is 107 Å². The smallest absolute Gasteiger partial charge is 0.283 e. The van der Waals surface area contributed by atoms with Gasteiger partial charge in [0.15, 0.2) is 10.9 Å². The van der Waals surface area contributed by atoms with Crippen LogP contribution in [-0.2, 0) is 4.79 Å². The third kappa shape index (κ3) is 5.93. The van der Waals surface area contributed by atoms with Gasteiger partial charge in [-0.1, -0.05) is 42.1 Å². The Morgan fingerprint density at radius 1 is 1.21 bits per heavy atom. The van der Waals surface area contributed by atoms with Gasteiger partial charge in [0, 0.05) is 11.6 Å². The number of amides is 1. The van der Waals surface area contributed by atoms with Gasteiger partial charge in [-0.25, -0.2) is 10.4 Å². The number of aromatic nitrogens is 1. The number of hydrogen-bond acceptors (Lipinski definition) is 8. The van der Waals surface area contributed by atoms with E-state index >= 15 is 0 Å². The molecule has 0 unspecified atom stereocenters. The summed E-state index contributed by atoms with van der Waals surface area (Å²) in [6, 6.07) is 19.8. The zero-order valence-corrected chi connectivity index (χ0v) is 19.1. The minimum Gasteiger partial charge on any atom is -0.484 e. The molecular formula is C23H18N4O4S2. The molecule has 4 aromatic rings. The molecule has 0 bridgehead atoms. The van der Waals surface area contributed by atoms with Crippen LogP contribution in [0.25, 0.3) is 10.2 Å². The maximum atomic E-state index is 11.9. The molecular weight excluding hydrogens is 460 g/mol. The SMILES string of the molecule is Cc1cccc(OCC(=O)NN=Cc2ccc(Sc3nc4ccccc4s3)c([N+](=O)[O-])c2)c1. The minimum atomic E-state index is -0.443. The lowest BCUT2D eigenvalue weighted by atomic mass is 10.2. The monoisotopic (exact) mass is 478 g/mol. The standard InChI is InChI=1S/C23H18N4O4S2/c1-15-5-4-6-17(11-15)31-14-22(28)26-24-13-16-9-10-21(19(12-16)27(29)30)33-23-25-18-7-2-3-8-20(18)32-23/h2-13H,14H2,1H3,(H,26,28). The molecule has 1 amide bonds. The van der Waals surface area contributed by atoms with Crippen molar-refractivity contribution in [1.82, 2.24) is 10.4 Å². The summed E-state index contributed by atoms with van der Waals surface area (Å²) in [5, 5.41) is 15.5. The Balaban J connectivity index is 1.39. The number of hydrogen-bond donors (Lipinski definition) is 1. The fraction of sp³-hybridized carbons (Fsp3) is 0.0870. The highest BCUT2D eigenvalue weighted by molar-refractivity contribution is 8.01. The van der Waals surface area contributed by atoms with Crippen molar-refractivity contribution < 1.29 is 14.5 Å². The molecule has 10 heteroatoms. The number of thiazole rings is 1. The molecule has 0 saturated carbocycles. The van der Waals surface area contributed by atoms with Crippen LogP contribution in [0.4, 0.5) is 5.69 Å². The van der Waals surface area contributed by atoms with Crippen LogP contribution in [0.3, 0.4) is 0 Å². The molecule has 1 N–H and O–H groups in total. The predicted octanol–water partition coefficient (Wildman–Crippen LogP) is 5.19. The van der Waals surface area contributed by atoms with Gasteiger partial charge in [0.2, 0.25) is 0 Å². The average Bonchev–Trinajstić information content (AvgIpc) is 3.21. The van der Waals surface area contributed by atoms with Crippen molar-refractivity contribution in [3.63, 3.8) is 0 Å². The van der Waals surface area contributed by atoms with Crippen molar-refractivity contribution in [2.24, 2.45) is 5.10 Å². The summed E-state index contributed by atoms with van der Waals surface area (Å²) < 4.78 is 7.16. The van der Waals surface area contributed by atoms with Gasteiger partial charge in [-0.2, -0.15) is 5.10 Å². The van der Waals surface area contributed by atoms with Gasteiger partial charge in [-0.3, -0.25) is 14.9 Å². The van der Waals surface area contributed by atoms with Crippen LogP contribution in [0, 0.1) is 17.0 Å². The van der Waals surface area contributed by atoms with Crippen LogP contribution >= 0.6 is 23.1 Å². The van der Waals surface area contributed by atoms with Gasteiger partial charge in [0.25, 0.3) is 11.6 Å². The van der Waals surface area contributed by atoms with Crippen LogP contribution in [0.5, 0.6) is 5.75 Å². The number of rotatable bonds is 8. The summed E-state index contributed by atoms with van der Waals surface area (Å²) >= 11 is 2.73. The Kier molecular flexibility index (Phi) is 6.96. The zero-order valence-electron chi connectivity index (χ0n) is 17.4. The third-order valence-corrected chi connectivity index (χ3v) is 6.58. The fourth-order valence-electron chi connectivity index (χ4n) is 2.90. The quantitative estimate of drug-likeness (QED) is 0.212. The molecule has 0 fully saturated rings. The molecule has 4 rings (SSSR count). The number of hydrazone groups is 1. The maximum absolute atomic E-state index is 11.9. The predicted molar refractivity (Wildman–Crippen MR) is 129 cm³/mol. The third-order valence-electron chi connectivity index (χ3n) is 4.41. The lowest BCUT2D eigenvalue weighted by molar-refractivity contribution is -0.387. The Bertz CT molecular complexity index is 1320. The van der Waals surface area contributed by atoms with E-state index < -0.39 is 10.8 Å².